The summed E-state index contributed by atoms with van der Waals surface area (Å²) < 4.78 is 39.2. The summed E-state index contributed by atoms with van der Waals surface area (Å²) in [6.45, 7) is 0. The molecule has 2 atom stereocenters. The van der Waals surface area contributed by atoms with E-state index in [1.165, 1.54) is 0 Å². The first-order valence-electron chi connectivity index (χ1n) is 5.74. The average Bonchev–Trinajstić information content (AvgIpc) is 2.77. The molecule has 1 heterocycles. The lowest BCUT2D eigenvalue weighted by Gasteiger charge is -2.12. The van der Waals surface area contributed by atoms with Crippen molar-refractivity contribution in [1.29, 1.82) is 0 Å². The van der Waals surface area contributed by atoms with Crippen molar-refractivity contribution in [3.63, 3.8) is 0 Å². The molecular formula is C11H13FN2O4S. The Balaban J connectivity index is 2.09. The fourth-order valence-electron chi connectivity index (χ4n) is 2.14. The number of hydrogen-bond donors (Lipinski definition) is 2. The Hall–Kier alpha value is -1.54. The normalized spacial score (nSPS) is 23.4. The zero-order valence-electron chi connectivity index (χ0n) is 9.91. The Bertz CT molecular complexity index is 590. The number of pyridine rings is 1. The van der Waals surface area contributed by atoms with E-state index in [9.17, 15) is 17.6 Å². The van der Waals surface area contributed by atoms with E-state index in [0.717, 1.165) is 18.5 Å². The summed E-state index contributed by atoms with van der Waals surface area (Å²) in [6.07, 6.45) is 3.10. The topological polar surface area (TPSA) is 96.4 Å². The monoisotopic (exact) mass is 288 g/mol. The Morgan fingerprint density at radius 3 is 2.74 bits per heavy atom. The zero-order chi connectivity index (χ0) is 14.0. The molecule has 2 N–H and O–H groups in total. The second kappa shape index (κ2) is 5.22. The number of aliphatic carboxylic acids is 1. The molecule has 1 saturated carbocycles. The van der Waals surface area contributed by atoms with E-state index in [2.05, 4.69) is 9.71 Å². The van der Waals surface area contributed by atoms with E-state index in [1.54, 1.807) is 0 Å². The Morgan fingerprint density at radius 2 is 2.16 bits per heavy atom. The van der Waals surface area contributed by atoms with E-state index in [1.807, 2.05) is 0 Å². The minimum atomic E-state index is -3.86. The molecule has 1 aromatic rings. The number of carboxylic acid groups (broad SMARTS) is 1. The van der Waals surface area contributed by atoms with Crippen molar-refractivity contribution in [2.24, 2.45) is 5.92 Å². The lowest BCUT2D eigenvalue weighted by molar-refractivity contribution is -0.141. The van der Waals surface area contributed by atoms with E-state index >= 15 is 0 Å². The second-order valence-electron chi connectivity index (χ2n) is 4.51. The zero-order valence-corrected chi connectivity index (χ0v) is 10.7. The van der Waals surface area contributed by atoms with Crippen LogP contribution < -0.4 is 4.72 Å². The summed E-state index contributed by atoms with van der Waals surface area (Å²) in [5.74, 6) is -2.19. The van der Waals surface area contributed by atoms with Crippen LogP contribution in [0.1, 0.15) is 19.3 Å². The predicted octanol–water partition coefficient (Wildman–Crippen LogP) is 0.752. The maximum atomic E-state index is 12.9. The number of nitrogens with one attached hydrogen (secondary N) is 1. The van der Waals surface area contributed by atoms with Crippen LogP contribution in [0.25, 0.3) is 0 Å². The van der Waals surface area contributed by atoms with Crippen molar-refractivity contribution in [2.75, 3.05) is 0 Å². The smallest absolute Gasteiger partial charge is 0.306 e. The lowest BCUT2D eigenvalue weighted by Crippen LogP contribution is -2.33. The maximum absolute atomic E-state index is 12.9. The number of halogens is 1. The van der Waals surface area contributed by atoms with Crippen LogP contribution in [0.2, 0.25) is 0 Å². The number of hydrogen-bond acceptors (Lipinski definition) is 4. The van der Waals surface area contributed by atoms with Crippen LogP contribution in [0, 0.1) is 11.7 Å². The minimum absolute atomic E-state index is 0.247. The van der Waals surface area contributed by atoms with Gasteiger partial charge in [0.05, 0.1) is 12.1 Å². The van der Waals surface area contributed by atoms with Crippen LogP contribution in [-0.2, 0) is 14.8 Å². The molecule has 0 radical (unpaired) electrons. The number of sulfonamides is 1. The van der Waals surface area contributed by atoms with Gasteiger partial charge in [-0.15, -0.1) is 0 Å². The molecule has 8 heteroatoms. The Morgan fingerprint density at radius 1 is 1.42 bits per heavy atom. The fourth-order valence-corrected chi connectivity index (χ4v) is 3.40. The molecule has 0 amide bonds. The molecule has 0 spiro atoms. The standard InChI is InChI=1S/C11H13FN2O4S/c12-8-4-10(6-13-5-8)19(17,18)14-9-2-1-7(3-9)11(15)16/h4-7,9,14H,1-3H2,(H,15,16)/t7-,9+/m1/s1. The number of aromatic nitrogens is 1. The Kier molecular flexibility index (Phi) is 3.81. The van der Waals surface area contributed by atoms with Crippen LogP contribution in [-0.4, -0.2) is 30.5 Å². The minimum Gasteiger partial charge on any atom is -0.481 e. The number of nitrogens with zero attached hydrogens (tertiary/aromatic N) is 1. The van der Waals surface area contributed by atoms with Crippen molar-refractivity contribution in [1.82, 2.24) is 9.71 Å². The molecule has 0 aliphatic heterocycles. The van der Waals surface area contributed by atoms with Crippen LogP contribution in [0.3, 0.4) is 0 Å². The first-order valence-corrected chi connectivity index (χ1v) is 7.22. The summed E-state index contributed by atoms with van der Waals surface area (Å²) in [4.78, 5) is 14.0. The molecule has 0 aromatic carbocycles. The van der Waals surface area contributed by atoms with E-state index in [4.69, 9.17) is 5.11 Å². The molecule has 104 valence electrons. The highest BCUT2D eigenvalue weighted by atomic mass is 32.2. The third-order valence-corrected chi connectivity index (χ3v) is 4.58. The van der Waals surface area contributed by atoms with Crippen LogP contribution in [0.5, 0.6) is 0 Å². The molecule has 19 heavy (non-hydrogen) atoms. The molecule has 1 fully saturated rings. The van der Waals surface area contributed by atoms with Crippen LogP contribution in [0.15, 0.2) is 23.4 Å². The Labute approximate surface area is 109 Å². The van der Waals surface area contributed by atoms with E-state index < -0.39 is 33.8 Å². The third kappa shape index (κ3) is 3.27. The van der Waals surface area contributed by atoms with Gasteiger partial charge in [-0.2, -0.15) is 0 Å². The molecule has 0 unspecified atom stereocenters. The second-order valence-corrected chi connectivity index (χ2v) is 6.22. The van der Waals surface area contributed by atoms with Gasteiger partial charge < -0.3 is 5.11 Å². The molecule has 2 rings (SSSR count). The van der Waals surface area contributed by atoms with Gasteiger partial charge in [0.2, 0.25) is 10.0 Å². The molecule has 1 aromatic heterocycles. The summed E-state index contributed by atoms with van der Waals surface area (Å²) in [7, 11) is -3.86. The van der Waals surface area contributed by atoms with Gasteiger partial charge in [0, 0.05) is 12.2 Å². The predicted molar refractivity (Wildman–Crippen MR) is 63.3 cm³/mol. The van der Waals surface area contributed by atoms with Gasteiger partial charge in [-0.05, 0) is 25.3 Å². The van der Waals surface area contributed by atoms with E-state index in [0.29, 0.717) is 12.8 Å². The van der Waals surface area contributed by atoms with Crippen molar-refractivity contribution in [3.05, 3.63) is 24.3 Å². The van der Waals surface area contributed by atoms with Gasteiger partial charge in [0.15, 0.2) is 0 Å². The molecule has 1 aliphatic carbocycles. The van der Waals surface area contributed by atoms with Gasteiger partial charge in [-0.25, -0.2) is 17.5 Å². The van der Waals surface area contributed by atoms with Crippen molar-refractivity contribution < 1.29 is 22.7 Å². The summed E-state index contributed by atoms with van der Waals surface area (Å²) in [6, 6.07) is 0.438. The van der Waals surface area contributed by atoms with Gasteiger partial charge in [0.1, 0.15) is 10.7 Å². The van der Waals surface area contributed by atoms with Gasteiger partial charge in [0.25, 0.3) is 0 Å². The SMILES string of the molecule is O=C(O)[C@@H]1CC[C@H](NS(=O)(=O)c2cncc(F)c2)C1. The summed E-state index contributed by atoms with van der Waals surface area (Å²) in [5.41, 5.74) is 0. The molecule has 0 bridgehead atoms. The van der Waals surface area contributed by atoms with Crippen LogP contribution in [0.4, 0.5) is 4.39 Å². The molecule has 1 aliphatic rings. The van der Waals surface area contributed by atoms with Gasteiger partial charge in [-0.1, -0.05) is 0 Å². The van der Waals surface area contributed by atoms with Crippen LogP contribution >= 0.6 is 0 Å². The maximum Gasteiger partial charge on any atom is 0.306 e. The average molecular weight is 288 g/mol. The highest BCUT2D eigenvalue weighted by Gasteiger charge is 2.32. The number of carboxylic acids is 1. The number of rotatable bonds is 4. The lowest BCUT2D eigenvalue weighted by atomic mass is 10.1. The molecule has 6 nitrogen and oxygen atoms in total. The number of carbonyl (C=O) groups is 1. The first-order chi connectivity index (χ1) is 8.88. The molecule has 0 saturated heterocycles. The molecular weight excluding hydrogens is 275 g/mol. The highest BCUT2D eigenvalue weighted by Crippen LogP contribution is 2.26. The van der Waals surface area contributed by atoms with Crippen molar-refractivity contribution in [2.45, 2.75) is 30.2 Å². The quantitative estimate of drug-likeness (QED) is 0.852. The third-order valence-electron chi connectivity index (χ3n) is 3.09. The van der Waals surface area contributed by atoms with Gasteiger partial charge in [-0.3, -0.25) is 9.78 Å². The van der Waals surface area contributed by atoms with Crippen molar-refractivity contribution >= 4 is 16.0 Å². The summed E-state index contributed by atoms with van der Waals surface area (Å²) in [5, 5.41) is 8.85. The fraction of sp³-hybridized carbons (Fsp3) is 0.455. The largest absolute Gasteiger partial charge is 0.481 e. The summed E-state index contributed by atoms with van der Waals surface area (Å²) >= 11 is 0. The highest BCUT2D eigenvalue weighted by molar-refractivity contribution is 7.89. The van der Waals surface area contributed by atoms with Crippen molar-refractivity contribution in [3.8, 4) is 0 Å². The van der Waals surface area contributed by atoms with Gasteiger partial charge >= 0.3 is 5.97 Å². The van der Waals surface area contributed by atoms with E-state index in [-0.39, 0.29) is 11.3 Å². The first kappa shape index (κ1) is 13.9.